The quantitative estimate of drug-likeness (QED) is 0.628. The molecule has 3 nitrogen and oxygen atoms in total. The van der Waals surface area contributed by atoms with E-state index < -0.39 is 0 Å². The third kappa shape index (κ3) is 7.26. The van der Waals surface area contributed by atoms with Gasteiger partial charge in [0.05, 0.1) is 6.61 Å². The molecule has 23 heavy (non-hydrogen) atoms. The summed E-state index contributed by atoms with van der Waals surface area (Å²) >= 11 is 0. The standard InChI is InChI=1S/C20H34N2O/c1-3-4-5-6-17-23-20-9-7-19(8-10-20)21-13-16-22-14-11-18(2)12-15-22/h7-10,18,21H,3-6,11-17H2,1-2H3. The van der Waals surface area contributed by atoms with E-state index >= 15 is 0 Å². The molecule has 1 heterocycles. The molecule has 0 bridgehead atoms. The van der Waals surface area contributed by atoms with Crippen LogP contribution < -0.4 is 10.1 Å². The number of nitrogens with zero attached hydrogens (tertiary/aromatic N) is 1. The predicted octanol–water partition coefficient (Wildman–Crippen LogP) is 4.79. The lowest BCUT2D eigenvalue weighted by atomic mass is 9.99. The number of hydrogen-bond acceptors (Lipinski definition) is 3. The smallest absolute Gasteiger partial charge is 0.119 e. The third-order valence-corrected chi connectivity index (χ3v) is 4.75. The van der Waals surface area contributed by atoms with Crippen LogP contribution in [0.15, 0.2) is 24.3 Å². The molecule has 0 aliphatic carbocycles. The van der Waals surface area contributed by atoms with E-state index in [1.807, 2.05) is 0 Å². The molecule has 1 N–H and O–H groups in total. The highest BCUT2D eigenvalue weighted by Gasteiger charge is 2.14. The zero-order valence-electron chi connectivity index (χ0n) is 15.0. The van der Waals surface area contributed by atoms with E-state index in [1.54, 1.807) is 0 Å². The molecule has 1 aromatic rings. The zero-order valence-corrected chi connectivity index (χ0v) is 15.0. The van der Waals surface area contributed by atoms with Crippen LogP contribution in [0, 0.1) is 5.92 Å². The normalized spacial score (nSPS) is 16.4. The summed E-state index contributed by atoms with van der Waals surface area (Å²) in [6.45, 7) is 10.1. The molecule has 0 atom stereocenters. The molecular formula is C20H34N2O. The van der Waals surface area contributed by atoms with E-state index in [0.717, 1.165) is 37.8 Å². The van der Waals surface area contributed by atoms with Gasteiger partial charge >= 0.3 is 0 Å². The Morgan fingerprint density at radius 1 is 1.09 bits per heavy atom. The van der Waals surface area contributed by atoms with E-state index in [-0.39, 0.29) is 0 Å². The van der Waals surface area contributed by atoms with Crippen LogP contribution in [0.25, 0.3) is 0 Å². The molecule has 0 saturated carbocycles. The summed E-state index contributed by atoms with van der Waals surface area (Å²) in [5.74, 6) is 1.89. The minimum absolute atomic E-state index is 0.833. The first-order chi connectivity index (χ1) is 11.3. The van der Waals surface area contributed by atoms with Crippen molar-refractivity contribution in [2.24, 2.45) is 5.92 Å². The van der Waals surface area contributed by atoms with Crippen molar-refractivity contribution >= 4 is 5.69 Å². The van der Waals surface area contributed by atoms with Crippen molar-refractivity contribution in [3.05, 3.63) is 24.3 Å². The Morgan fingerprint density at radius 2 is 1.83 bits per heavy atom. The second kappa shape index (κ2) is 10.5. The van der Waals surface area contributed by atoms with Gasteiger partial charge in [0.15, 0.2) is 0 Å². The summed E-state index contributed by atoms with van der Waals surface area (Å²) in [5, 5.41) is 3.52. The van der Waals surface area contributed by atoms with Crippen molar-refractivity contribution in [2.45, 2.75) is 52.4 Å². The van der Waals surface area contributed by atoms with Crippen LogP contribution in [0.2, 0.25) is 0 Å². The first-order valence-corrected chi connectivity index (χ1v) is 9.47. The minimum Gasteiger partial charge on any atom is -0.494 e. The number of likely N-dealkylation sites (tertiary alicyclic amines) is 1. The lowest BCUT2D eigenvalue weighted by Crippen LogP contribution is -2.36. The number of hydrogen-bond donors (Lipinski definition) is 1. The van der Waals surface area contributed by atoms with Crippen molar-refractivity contribution in [1.82, 2.24) is 4.90 Å². The molecule has 1 saturated heterocycles. The number of piperidine rings is 1. The molecule has 0 spiro atoms. The van der Waals surface area contributed by atoms with Gasteiger partial charge in [-0.1, -0.05) is 33.1 Å². The molecule has 3 heteroatoms. The van der Waals surface area contributed by atoms with E-state index in [9.17, 15) is 0 Å². The highest BCUT2D eigenvalue weighted by molar-refractivity contribution is 5.46. The number of rotatable bonds is 10. The maximum atomic E-state index is 5.78. The fourth-order valence-corrected chi connectivity index (χ4v) is 3.03. The Bertz CT molecular complexity index is 410. The number of ether oxygens (including phenoxy) is 1. The fraction of sp³-hybridized carbons (Fsp3) is 0.700. The maximum absolute atomic E-state index is 5.78. The summed E-state index contributed by atoms with van der Waals surface area (Å²) in [4.78, 5) is 2.57. The molecule has 0 amide bonds. The largest absolute Gasteiger partial charge is 0.494 e. The van der Waals surface area contributed by atoms with Gasteiger partial charge in [-0.05, 0) is 62.5 Å². The molecule has 130 valence electrons. The van der Waals surface area contributed by atoms with Crippen molar-refractivity contribution in [2.75, 3.05) is 38.1 Å². The molecule has 0 unspecified atom stereocenters. The average Bonchev–Trinajstić information content (AvgIpc) is 2.58. The van der Waals surface area contributed by atoms with Gasteiger partial charge in [-0.25, -0.2) is 0 Å². The topological polar surface area (TPSA) is 24.5 Å². The molecule has 1 aliphatic rings. The predicted molar refractivity (Wildman–Crippen MR) is 99.4 cm³/mol. The van der Waals surface area contributed by atoms with Crippen molar-refractivity contribution in [3.8, 4) is 5.75 Å². The first-order valence-electron chi connectivity index (χ1n) is 9.47. The van der Waals surface area contributed by atoms with Gasteiger partial charge in [0.2, 0.25) is 0 Å². The van der Waals surface area contributed by atoms with Gasteiger partial charge in [-0.2, -0.15) is 0 Å². The molecule has 0 aromatic heterocycles. The van der Waals surface area contributed by atoms with Crippen LogP contribution >= 0.6 is 0 Å². The van der Waals surface area contributed by atoms with E-state index in [4.69, 9.17) is 4.74 Å². The van der Waals surface area contributed by atoms with Crippen LogP contribution in [0.3, 0.4) is 0 Å². The summed E-state index contributed by atoms with van der Waals surface area (Å²) in [6, 6.07) is 8.40. The van der Waals surface area contributed by atoms with Crippen LogP contribution in [-0.2, 0) is 0 Å². The summed E-state index contributed by atoms with van der Waals surface area (Å²) < 4.78 is 5.78. The molecular weight excluding hydrogens is 284 g/mol. The molecule has 0 radical (unpaired) electrons. The highest BCUT2D eigenvalue weighted by atomic mass is 16.5. The van der Waals surface area contributed by atoms with Crippen molar-refractivity contribution in [1.29, 1.82) is 0 Å². The van der Waals surface area contributed by atoms with Gasteiger partial charge in [0, 0.05) is 18.8 Å². The Balaban J connectivity index is 1.59. The summed E-state index contributed by atoms with van der Waals surface area (Å²) in [6.07, 6.45) is 7.71. The Kier molecular flexibility index (Phi) is 8.30. The monoisotopic (exact) mass is 318 g/mol. The fourth-order valence-electron chi connectivity index (χ4n) is 3.03. The zero-order chi connectivity index (χ0) is 16.3. The van der Waals surface area contributed by atoms with Gasteiger partial charge < -0.3 is 15.0 Å². The van der Waals surface area contributed by atoms with E-state index in [1.165, 1.54) is 50.9 Å². The molecule has 1 aliphatic heterocycles. The van der Waals surface area contributed by atoms with Gasteiger partial charge in [0.25, 0.3) is 0 Å². The van der Waals surface area contributed by atoms with Gasteiger partial charge in [0.1, 0.15) is 5.75 Å². The summed E-state index contributed by atoms with van der Waals surface area (Å²) in [7, 11) is 0. The summed E-state index contributed by atoms with van der Waals surface area (Å²) in [5.41, 5.74) is 1.19. The van der Waals surface area contributed by atoms with Crippen LogP contribution in [0.1, 0.15) is 52.4 Å². The number of anilines is 1. The highest BCUT2D eigenvalue weighted by Crippen LogP contribution is 2.17. The Morgan fingerprint density at radius 3 is 2.52 bits per heavy atom. The lowest BCUT2D eigenvalue weighted by molar-refractivity contribution is 0.199. The Labute approximate surface area is 142 Å². The molecule has 1 fully saturated rings. The van der Waals surface area contributed by atoms with Gasteiger partial charge in [-0.3, -0.25) is 0 Å². The lowest BCUT2D eigenvalue weighted by Gasteiger charge is -2.30. The number of nitrogens with one attached hydrogen (secondary N) is 1. The average molecular weight is 319 g/mol. The number of benzene rings is 1. The third-order valence-electron chi connectivity index (χ3n) is 4.75. The molecule has 1 aromatic carbocycles. The van der Waals surface area contributed by atoms with Crippen LogP contribution in [0.5, 0.6) is 5.75 Å². The van der Waals surface area contributed by atoms with Crippen LogP contribution in [0.4, 0.5) is 5.69 Å². The Hall–Kier alpha value is -1.22. The van der Waals surface area contributed by atoms with Gasteiger partial charge in [-0.15, -0.1) is 0 Å². The SMILES string of the molecule is CCCCCCOc1ccc(NCCN2CCC(C)CC2)cc1. The molecule has 2 rings (SSSR count). The van der Waals surface area contributed by atoms with Crippen molar-refractivity contribution < 1.29 is 4.74 Å². The van der Waals surface area contributed by atoms with E-state index in [2.05, 4.69) is 48.3 Å². The second-order valence-corrected chi connectivity index (χ2v) is 6.88. The van der Waals surface area contributed by atoms with Crippen LogP contribution in [-0.4, -0.2) is 37.7 Å². The van der Waals surface area contributed by atoms with E-state index in [0.29, 0.717) is 0 Å². The first kappa shape index (κ1) is 18.1. The maximum Gasteiger partial charge on any atom is 0.119 e. The number of unbranched alkanes of at least 4 members (excludes halogenated alkanes) is 3. The minimum atomic E-state index is 0.833. The second-order valence-electron chi connectivity index (χ2n) is 6.88. The van der Waals surface area contributed by atoms with Crippen molar-refractivity contribution in [3.63, 3.8) is 0 Å².